The van der Waals surface area contributed by atoms with Gasteiger partial charge in [-0.15, -0.1) is 0 Å². The molecular formula is C15H18N2O. The Bertz CT molecular complexity index is 455. The van der Waals surface area contributed by atoms with Gasteiger partial charge < -0.3 is 5.32 Å². The fourth-order valence-electron chi connectivity index (χ4n) is 2.59. The molecule has 3 nitrogen and oxygen atoms in total. The molecule has 0 spiro atoms. The number of hydrogen-bond donors (Lipinski definition) is 1. The van der Waals surface area contributed by atoms with E-state index in [4.69, 9.17) is 5.26 Å². The van der Waals surface area contributed by atoms with E-state index in [9.17, 15) is 4.79 Å². The first kappa shape index (κ1) is 12.6. The molecule has 1 aromatic carbocycles. The summed E-state index contributed by atoms with van der Waals surface area (Å²) < 4.78 is 0. The van der Waals surface area contributed by atoms with Crippen LogP contribution in [0.4, 0.5) is 0 Å². The van der Waals surface area contributed by atoms with Crippen molar-refractivity contribution in [2.75, 3.05) is 6.54 Å². The van der Waals surface area contributed by atoms with Crippen LogP contribution in [0.2, 0.25) is 0 Å². The van der Waals surface area contributed by atoms with E-state index in [-0.39, 0.29) is 5.91 Å². The summed E-state index contributed by atoms with van der Waals surface area (Å²) in [5, 5.41) is 12.0. The number of rotatable bonds is 4. The predicted molar refractivity (Wildman–Crippen MR) is 69.6 cm³/mol. The largest absolute Gasteiger partial charge is 0.354 e. The quantitative estimate of drug-likeness (QED) is 0.880. The summed E-state index contributed by atoms with van der Waals surface area (Å²) in [7, 11) is 0. The molecule has 1 aliphatic carbocycles. The highest BCUT2D eigenvalue weighted by molar-refractivity contribution is 5.86. The molecule has 0 unspecified atom stereocenters. The molecule has 0 heterocycles. The first-order valence-corrected chi connectivity index (χ1v) is 6.40. The van der Waals surface area contributed by atoms with Gasteiger partial charge in [0, 0.05) is 6.54 Å². The van der Waals surface area contributed by atoms with E-state index >= 15 is 0 Å². The SMILES string of the molecule is CC1CC(C#N)(C(=O)NCCc2ccccc2)C1. The Morgan fingerprint density at radius 1 is 1.44 bits per heavy atom. The first-order chi connectivity index (χ1) is 8.66. The highest BCUT2D eigenvalue weighted by Gasteiger charge is 2.48. The smallest absolute Gasteiger partial charge is 0.240 e. The minimum absolute atomic E-state index is 0.0981. The predicted octanol–water partition coefficient (Wildman–Crippen LogP) is 2.29. The Morgan fingerprint density at radius 3 is 2.67 bits per heavy atom. The molecule has 3 heteroatoms. The van der Waals surface area contributed by atoms with Crippen LogP contribution in [0.1, 0.15) is 25.3 Å². The number of carbonyl (C=O) groups excluding carboxylic acids is 1. The van der Waals surface area contributed by atoms with E-state index in [0.717, 1.165) is 6.42 Å². The van der Waals surface area contributed by atoms with Crippen LogP contribution in [0.5, 0.6) is 0 Å². The highest BCUT2D eigenvalue weighted by Crippen LogP contribution is 2.44. The molecule has 0 aromatic heterocycles. The number of amides is 1. The van der Waals surface area contributed by atoms with Crippen LogP contribution >= 0.6 is 0 Å². The van der Waals surface area contributed by atoms with E-state index < -0.39 is 5.41 Å². The van der Waals surface area contributed by atoms with Crippen LogP contribution in [0.25, 0.3) is 0 Å². The van der Waals surface area contributed by atoms with Crippen molar-refractivity contribution in [1.82, 2.24) is 5.32 Å². The van der Waals surface area contributed by atoms with Crippen molar-refractivity contribution >= 4 is 5.91 Å². The minimum atomic E-state index is -0.754. The third kappa shape index (κ3) is 2.53. The van der Waals surface area contributed by atoms with Gasteiger partial charge in [0.05, 0.1) is 6.07 Å². The van der Waals surface area contributed by atoms with Crippen LogP contribution in [-0.4, -0.2) is 12.5 Å². The number of nitrogens with one attached hydrogen (secondary N) is 1. The van der Waals surface area contributed by atoms with Crippen molar-refractivity contribution in [3.8, 4) is 6.07 Å². The third-order valence-electron chi connectivity index (χ3n) is 3.58. The van der Waals surface area contributed by atoms with Crippen LogP contribution in [0.15, 0.2) is 30.3 Å². The Balaban J connectivity index is 1.81. The molecule has 0 aliphatic heterocycles. The van der Waals surface area contributed by atoms with E-state index in [0.29, 0.717) is 25.3 Å². The van der Waals surface area contributed by atoms with Gasteiger partial charge in [0.1, 0.15) is 5.41 Å². The van der Waals surface area contributed by atoms with Crippen LogP contribution in [0.3, 0.4) is 0 Å². The van der Waals surface area contributed by atoms with Gasteiger partial charge in [-0.05, 0) is 30.7 Å². The van der Waals surface area contributed by atoms with Crippen LogP contribution < -0.4 is 5.32 Å². The maximum absolute atomic E-state index is 12.0. The van der Waals surface area contributed by atoms with Gasteiger partial charge in [0.15, 0.2) is 0 Å². The van der Waals surface area contributed by atoms with Gasteiger partial charge in [-0.2, -0.15) is 5.26 Å². The van der Waals surface area contributed by atoms with E-state index in [1.54, 1.807) is 0 Å². The molecule has 94 valence electrons. The number of benzene rings is 1. The highest BCUT2D eigenvalue weighted by atomic mass is 16.2. The zero-order valence-corrected chi connectivity index (χ0v) is 10.6. The van der Waals surface area contributed by atoms with Gasteiger partial charge in [0.25, 0.3) is 0 Å². The van der Waals surface area contributed by atoms with Crippen molar-refractivity contribution < 1.29 is 4.79 Å². The molecule has 0 bridgehead atoms. The number of nitriles is 1. The van der Waals surface area contributed by atoms with Crippen molar-refractivity contribution in [3.05, 3.63) is 35.9 Å². The van der Waals surface area contributed by atoms with Crippen molar-refractivity contribution in [1.29, 1.82) is 5.26 Å². The first-order valence-electron chi connectivity index (χ1n) is 6.40. The molecule has 0 atom stereocenters. The fourth-order valence-corrected chi connectivity index (χ4v) is 2.59. The van der Waals surface area contributed by atoms with Gasteiger partial charge in [-0.3, -0.25) is 4.79 Å². The molecule has 18 heavy (non-hydrogen) atoms. The molecule has 2 rings (SSSR count). The second kappa shape index (κ2) is 5.22. The number of hydrogen-bond acceptors (Lipinski definition) is 2. The van der Waals surface area contributed by atoms with Crippen molar-refractivity contribution in [3.63, 3.8) is 0 Å². The molecule has 1 fully saturated rings. The second-order valence-corrected chi connectivity index (χ2v) is 5.20. The average Bonchev–Trinajstić information content (AvgIpc) is 2.36. The molecule has 1 amide bonds. The Kier molecular flexibility index (Phi) is 3.66. The third-order valence-corrected chi connectivity index (χ3v) is 3.58. The topological polar surface area (TPSA) is 52.9 Å². The summed E-state index contributed by atoms with van der Waals surface area (Å²) in [6.45, 7) is 2.67. The lowest BCUT2D eigenvalue weighted by molar-refractivity contribution is -0.133. The molecule has 0 radical (unpaired) electrons. The summed E-state index contributed by atoms with van der Waals surface area (Å²) in [6.07, 6.45) is 2.20. The molecule has 1 aliphatic rings. The average molecular weight is 242 g/mol. The molecule has 1 N–H and O–H groups in total. The lowest BCUT2D eigenvalue weighted by atomic mass is 9.63. The van der Waals surface area contributed by atoms with Crippen molar-refractivity contribution in [2.24, 2.45) is 11.3 Å². The van der Waals surface area contributed by atoms with Gasteiger partial charge in [-0.1, -0.05) is 37.3 Å². The normalized spacial score (nSPS) is 25.9. The number of carbonyl (C=O) groups is 1. The maximum Gasteiger partial charge on any atom is 0.240 e. The van der Waals surface area contributed by atoms with Gasteiger partial charge in [-0.25, -0.2) is 0 Å². The van der Waals surface area contributed by atoms with E-state index in [1.807, 2.05) is 30.3 Å². The monoisotopic (exact) mass is 242 g/mol. The summed E-state index contributed by atoms with van der Waals surface area (Å²) in [5.41, 5.74) is 0.446. The summed E-state index contributed by atoms with van der Waals surface area (Å²) >= 11 is 0. The lowest BCUT2D eigenvalue weighted by Gasteiger charge is -2.39. The summed E-state index contributed by atoms with van der Waals surface area (Å²) in [5.74, 6) is 0.392. The van der Waals surface area contributed by atoms with Gasteiger partial charge in [0.2, 0.25) is 5.91 Å². The Labute approximate surface area is 108 Å². The molecular weight excluding hydrogens is 224 g/mol. The van der Waals surface area contributed by atoms with E-state index in [1.165, 1.54) is 5.56 Å². The number of nitrogens with zero attached hydrogens (tertiary/aromatic N) is 1. The standard InChI is InChI=1S/C15H18N2O/c1-12-9-15(10-12,11-16)14(18)17-8-7-13-5-3-2-4-6-13/h2-6,12H,7-10H2,1H3,(H,17,18). The molecule has 1 saturated carbocycles. The van der Waals surface area contributed by atoms with Crippen LogP contribution in [-0.2, 0) is 11.2 Å². The van der Waals surface area contributed by atoms with Crippen LogP contribution in [0, 0.1) is 22.7 Å². The van der Waals surface area contributed by atoms with Crippen molar-refractivity contribution in [2.45, 2.75) is 26.2 Å². The molecule has 0 saturated heterocycles. The lowest BCUT2D eigenvalue weighted by Crippen LogP contribution is -2.48. The zero-order chi connectivity index (χ0) is 13.0. The Morgan fingerprint density at radius 2 is 2.11 bits per heavy atom. The zero-order valence-electron chi connectivity index (χ0n) is 10.6. The Hall–Kier alpha value is -1.82. The maximum atomic E-state index is 12.0. The van der Waals surface area contributed by atoms with Gasteiger partial charge >= 0.3 is 0 Å². The van der Waals surface area contributed by atoms with E-state index in [2.05, 4.69) is 18.3 Å². The summed E-state index contributed by atoms with van der Waals surface area (Å²) in [6, 6.07) is 12.2. The summed E-state index contributed by atoms with van der Waals surface area (Å²) in [4.78, 5) is 12.0. The minimum Gasteiger partial charge on any atom is -0.354 e. The fraction of sp³-hybridized carbons (Fsp3) is 0.467. The molecule has 1 aromatic rings. The second-order valence-electron chi connectivity index (χ2n) is 5.20.